The van der Waals surface area contributed by atoms with Gasteiger partial charge in [0.15, 0.2) is 0 Å². The van der Waals surface area contributed by atoms with Gasteiger partial charge in [0, 0.05) is 0 Å². The van der Waals surface area contributed by atoms with E-state index in [4.69, 9.17) is 11.6 Å². The Balaban J connectivity index is 2.08. The molecule has 0 N–H and O–H groups in total. The van der Waals surface area contributed by atoms with E-state index in [1.807, 2.05) is 68.7 Å². The monoisotopic (exact) mass is 459 g/mol. The molecule has 0 spiro atoms. The summed E-state index contributed by atoms with van der Waals surface area (Å²) in [7, 11) is 1.12. The van der Waals surface area contributed by atoms with Crippen molar-refractivity contribution in [2.75, 3.05) is 19.0 Å². The number of anilines is 1. The van der Waals surface area contributed by atoms with E-state index in [1.165, 1.54) is 0 Å². The van der Waals surface area contributed by atoms with Gasteiger partial charge in [0.2, 0.25) is 0 Å². The molecule has 4 heteroatoms. The number of rotatable bonds is 7. The summed E-state index contributed by atoms with van der Waals surface area (Å²) in [5, 5.41) is 3.15. The zero-order valence-electron chi connectivity index (χ0n) is 18.3. The van der Waals surface area contributed by atoms with Crippen LogP contribution in [0, 0.1) is 0 Å². The molecule has 1 atom stereocenters. The predicted molar refractivity (Wildman–Crippen MR) is 141 cm³/mol. The second-order valence-electron chi connectivity index (χ2n) is 8.13. The van der Waals surface area contributed by atoms with Crippen molar-refractivity contribution in [3.8, 4) is 0 Å². The Hall–Kier alpha value is -2.93. The molecule has 0 bridgehead atoms. The van der Waals surface area contributed by atoms with Crippen LogP contribution in [0.1, 0.15) is 11.2 Å². The Kier molecular flexibility index (Phi) is 6.74. The van der Waals surface area contributed by atoms with Crippen molar-refractivity contribution in [1.82, 2.24) is 0 Å². The van der Waals surface area contributed by atoms with Gasteiger partial charge in [-0.15, -0.1) is 0 Å². The Bertz CT molecular complexity index is 1070. The molecule has 4 rings (SSSR count). The number of carbonyl (C=O) groups excluding carboxylic acids is 1. The first kappa shape index (κ1) is 22.3. The third kappa shape index (κ3) is 4.09. The summed E-state index contributed by atoms with van der Waals surface area (Å²) >= 11 is 6.50. The molecular weight excluding hydrogens is 433 g/mol. The second-order valence-corrected chi connectivity index (χ2v) is 12.4. The number of nitrogens with zero attached hydrogens (tertiary/aromatic N) is 1. The fourth-order valence-electron chi connectivity index (χ4n) is 4.62. The van der Waals surface area contributed by atoms with Gasteiger partial charge in [-0.05, 0) is 0 Å². The Morgan fingerprint density at radius 2 is 1.03 bits per heavy atom. The van der Waals surface area contributed by atoms with Crippen LogP contribution < -0.4 is 20.8 Å². The molecule has 0 fully saturated rings. The van der Waals surface area contributed by atoms with Crippen LogP contribution in [-0.2, 0) is 4.79 Å². The Morgan fingerprint density at radius 3 is 1.34 bits per heavy atom. The molecule has 0 saturated carbocycles. The van der Waals surface area contributed by atoms with Gasteiger partial charge in [-0.1, -0.05) is 0 Å². The Morgan fingerprint density at radius 1 is 0.656 bits per heavy atom. The standard InChI is InChI=1S/C28H27ClNOP/c1-30(2)23-20-18-22(19-21-23)27(28(29)31)32(24-12-6-3-7-13-24,25-14-8-4-9-15-25)26-16-10-5-11-17-26/h3-21,27,32H,1-2H3. The summed E-state index contributed by atoms with van der Waals surface area (Å²) in [5.74, 6) is 0. The van der Waals surface area contributed by atoms with Crippen LogP contribution in [0.4, 0.5) is 5.69 Å². The van der Waals surface area contributed by atoms with Gasteiger partial charge >= 0.3 is 196 Å². The predicted octanol–water partition coefficient (Wildman–Crippen LogP) is 5.29. The van der Waals surface area contributed by atoms with Crippen LogP contribution in [0.15, 0.2) is 115 Å². The van der Waals surface area contributed by atoms with Crippen molar-refractivity contribution in [3.05, 3.63) is 121 Å². The van der Waals surface area contributed by atoms with Gasteiger partial charge in [0.05, 0.1) is 0 Å². The quantitative estimate of drug-likeness (QED) is 0.276. The van der Waals surface area contributed by atoms with E-state index in [-0.39, 0.29) is 5.24 Å². The molecule has 0 heterocycles. The number of benzene rings is 4. The average Bonchev–Trinajstić information content (AvgIpc) is 2.84. The molecule has 1 unspecified atom stereocenters. The van der Waals surface area contributed by atoms with E-state index in [0.29, 0.717) is 0 Å². The molecule has 0 aliphatic heterocycles. The van der Waals surface area contributed by atoms with Crippen LogP contribution in [-0.4, -0.2) is 19.3 Å². The summed E-state index contributed by atoms with van der Waals surface area (Å²) in [6.07, 6.45) is 0. The van der Waals surface area contributed by atoms with Gasteiger partial charge in [-0.3, -0.25) is 0 Å². The van der Waals surface area contributed by atoms with Crippen LogP contribution in [0.5, 0.6) is 0 Å². The van der Waals surface area contributed by atoms with E-state index in [0.717, 1.165) is 27.2 Å². The number of carbonyl (C=O) groups is 1. The number of hydrogen-bond donors (Lipinski definition) is 0. The summed E-state index contributed by atoms with van der Waals surface area (Å²) in [5.41, 5.74) is 1.55. The van der Waals surface area contributed by atoms with Gasteiger partial charge in [0.25, 0.3) is 0 Å². The van der Waals surface area contributed by atoms with Gasteiger partial charge in [-0.25, -0.2) is 0 Å². The minimum atomic E-state index is -2.90. The van der Waals surface area contributed by atoms with Crippen molar-refractivity contribution >= 4 is 45.7 Å². The van der Waals surface area contributed by atoms with Crippen LogP contribution in [0.3, 0.4) is 0 Å². The fourth-order valence-corrected chi connectivity index (χ4v) is 10.4. The molecule has 0 aromatic heterocycles. The summed E-state index contributed by atoms with van der Waals surface area (Å²) in [6, 6.07) is 39.4. The van der Waals surface area contributed by atoms with E-state index in [1.54, 1.807) is 0 Å². The zero-order valence-corrected chi connectivity index (χ0v) is 20.0. The molecule has 4 aromatic carbocycles. The SMILES string of the molecule is CN(C)c1ccc(C(C(=O)Cl)[PH](c2ccccc2)(c2ccccc2)c2ccccc2)cc1. The number of hydrogen-bond acceptors (Lipinski definition) is 2. The third-order valence-electron chi connectivity index (χ3n) is 6.09. The van der Waals surface area contributed by atoms with Gasteiger partial charge in [-0.2, -0.15) is 0 Å². The topological polar surface area (TPSA) is 20.3 Å². The van der Waals surface area contributed by atoms with E-state index in [2.05, 4.69) is 65.6 Å². The van der Waals surface area contributed by atoms with Crippen molar-refractivity contribution in [1.29, 1.82) is 0 Å². The van der Waals surface area contributed by atoms with E-state index in [9.17, 15) is 4.79 Å². The minimum absolute atomic E-state index is 0.328. The summed E-state index contributed by atoms with van der Waals surface area (Å²) in [4.78, 5) is 15.4. The van der Waals surface area contributed by atoms with Crippen molar-refractivity contribution in [2.24, 2.45) is 0 Å². The second kappa shape index (κ2) is 9.69. The molecule has 0 aliphatic carbocycles. The van der Waals surface area contributed by atoms with Crippen molar-refractivity contribution in [3.63, 3.8) is 0 Å². The summed E-state index contributed by atoms with van der Waals surface area (Å²) in [6.45, 7) is 0. The Labute approximate surface area is 195 Å². The average molecular weight is 460 g/mol. The summed E-state index contributed by atoms with van der Waals surface area (Å²) < 4.78 is 0. The maximum atomic E-state index is 13.3. The molecule has 0 radical (unpaired) electrons. The maximum absolute atomic E-state index is 13.3. The molecule has 32 heavy (non-hydrogen) atoms. The molecule has 4 aromatic rings. The molecule has 162 valence electrons. The molecule has 0 amide bonds. The zero-order chi connectivity index (χ0) is 22.6. The molecular formula is C28H27ClNOP. The van der Waals surface area contributed by atoms with Crippen LogP contribution in [0.25, 0.3) is 0 Å². The van der Waals surface area contributed by atoms with Gasteiger partial charge in [0.1, 0.15) is 0 Å². The fraction of sp³-hybridized carbons (Fsp3) is 0.107. The van der Waals surface area contributed by atoms with E-state index >= 15 is 0 Å². The van der Waals surface area contributed by atoms with Crippen LogP contribution >= 0.6 is 18.9 Å². The molecule has 0 aliphatic rings. The normalized spacial score (nSPS) is 12.7. The first-order chi connectivity index (χ1) is 15.5. The molecule has 0 saturated heterocycles. The first-order valence-electron chi connectivity index (χ1n) is 10.7. The molecule has 2 nitrogen and oxygen atoms in total. The van der Waals surface area contributed by atoms with Crippen LogP contribution in [0.2, 0.25) is 0 Å². The van der Waals surface area contributed by atoms with Crippen molar-refractivity contribution in [2.45, 2.75) is 5.66 Å². The van der Waals surface area contributed by atoms with Crippen molar-refractivity contribution < 1.29 is 4.79 Å². The van der Waals surface area contributed by atoms with Gasteiger partial charge < -0.3 is 0 Å². The third-order valence-corrected chi connectivity index (χ3v) is 11.7. The van der Waals surface area contributed by atoms with E-state index < -0.39 is 12.9 Å². The first-order valence-corrected chi connectivity index (χ1v) is 13.1. The number of halogens is 1.